The number of hydrogen-bond donors (Lipinski definition) is 0. The van der Waals surface area contributed by atoms with E-state index in [0.717, 1.165) is 0 Å². The normalized spacial score (nSPS) is 9.44. The maximum atomic E-state index is 11.1. The van der Waals surface area contributed by atoms with Gasteiger partial charge in [-0.25, -0.2) is 0 Å². The van der Waals surface area contributed by atoms with Gasteiger partial charge in [0.05, 0.1) is 32.6 Å². The Bertz CT molecular complexity index is 482. The molecule has 18 heavy (non-hydrogen) atoms. The first kappa shape index (κ1) is 14.2. The molecule has 0 atom stereocenters. The highest BCUT2D eigenvalue weighted by Crippen LogP contribution is 2.34. The van der Waals surface area contributed by atoms with Crippen LogP contribution in [0.15, 0.2) is 17.0 Å². The molecule has 0 unspecified atom stereocenters. The third-order valence-electron chi connectivity index (χ3n) is 2.18. The molecule has 0 amide bonds. The number of carbonyl (C=O) groups excluding carboxylic acids is 1. The Morgan fingerprint density at radius 1 is 1.28 bits per heavy atom. The maximum absolute atomic E-state index is 11.1. The molecule has 0 fully saturated rings. The highest BCUT2D eigenvalue weighted by Gasteiger charge is 2.12. The Hall–Kier alpha value is -1.87. The van der Waals surface area contributed by atoms with Crippen LogP contribution in [-0.2, 0) is 9.53 Å². The lowest BCUT2D eigenvalue weighted by atomic mass is 10.2. The van der Waals surface area contributed by atoms with E-state index in [1.165, 1.54) is 33.1 Å². The van der Waals surface area contributed by atoms with Gasteiger partial charge in [-0.05, 0) is 6.07 Å². The number of thioether (sulfide) groups is 1. The fourth-order valence-electron chi connectivity index (χ4n) is 1.26. The minimum Gasteiger partial charge on any atom is -0.493 e. The van der Waals surface area contributed by atoms with Crippen LogP contribution in [0.2, 0.25) is 0 Å². The van der Waals surface area contributed by atoms with Crippen molar-refractivity contribution in [3.63, 3.8) is 0 Å². The Balaban J connectivity index is 3.03. The third-order valence-corrected chi connectivity index (χ3v) is 3.21. The fraction of sp³-hybridized carbons (Fsp3) is 0.333. The van der Waals surface area contributed by atoms with Crippen LogP contribution in [0.4, 0.5) is 0 Å². The maximum Gasteiger partial charge on any atom is 0.315 e. The van der Waals surface area contributed by atoms with Crippen molar-refractivity contribution < 1.29 is 19.0 Å². The molecular formula is C12H13NO4S. The molecule has 0 bridgehead atoms. The van der Waals surface area contributed by atoms with Crippen LogP contribution in [0.3, 0.4) is 0 Å². The molecule has 1 rings (SSSR count). The number of benzene rings is 1. The van der Waals surface area contributed by atoms with Crippen LogP contribution in [0, 0.1) is 11.3 Å². The van der Waals surface area contributed by atoms with E-state index in [-0.39, 0.29) is 11.7 Å². The summed E-state index contributed by atoms with van der Waals surface area (Å²) in [5, 5.41) is 9.05. The van der Waals surface area contributed by atoms with Gasteiger partial charge < -0.3 is 14.2 Å². The lowest BCUT2D eigenvalue weighted by Gasteiger charge is -2.10. The Labute approximate surface area is 110 Å². The van der Waals surface area contributed by atoms with Crippen molar-refractivity contribution in [1.29, 1.82) is 5.26 Å². The molecule has 0 aliphatic rings. The lowest BCUT2D eigenvalue weighted by molar-refractivity contribution is -0.137. The molecule has 1 aromatic carbocycles. The number of methoxy groups -OCH3 is 3. The molecule has 1 aromatic rings. The van der Waals surface area contributed by atoms with Crippen molar-refractivity contribution in [1.82, 2.24) is 0 Å². The van der Waals surface area contributed by atoms with Crippen molar-refractivity contribution >= 4 is 17.7 Å². The summed E-state index contributed by atoms with van der Waals surface area (Å²) >= 11 is 1.22. The van der Waals surface area contributed by atoms with E-state index in [1.807, 2.05) is 0 Å². The van der Waals surface area contributed by atoms with E-state index in [1.54, 1.807) is 12.1 Å². The Morgan fingerprint density at radius 3 is 2.39 bits per heavy atom. The number of esters is 1. The first-order valence-corrected chi connectivity index (χ1v) is 6.00. The van der Waals surface area contributed by atoms with E-state index in [4.69, 9.17) is 14.7 Å². The summed E-state index contributed by atoms with van der Waals surface area (Å²) in [6.07, 6.45) is 0. The first-order valence-electron chi connectivity index (χ1n) is 5.02. The van der Waals surface area contributed by atoms with Crippen LogP contribution in [-0.4, -0.2) is 33.1 Å². The Kier molecular flexibility index (Phi) is 5.33. The summed E-state index contributed by atoms with van der Waals surface area (Å²) in [6.45, 7) is 0. The monoisotopic (exact) mass is 267 g/mol. The lowest BCUT2D eigenvalue weighted by Crippen LogP contribution is -2.03. The smallest absolute Gasteiger partial charge is 0.315 e. The minimum absolute atomic E-state index is 0.140. The van der Waals surface area contributed by atoms with Gasteiger partial charge in [0.1, 0.15) is 6.07 Å². The van der Waals surface area contributed by atoms with Gasteiger partial charge in [-0.3, -0.25) is 4.79 Å². The summed E-state index contributed by atoms with van der Waals surface area (Å²) in [5.74, 6) is 0.791. The van der Waals surface area contributed by atoms with Crippen molar-refractivity contribution in [3.8, 4) is 17.6 Å². The van der Waals surface area contributed by atoms with E-state index in [9.17, 15) is 4.79 Å². The third kappa shape index (κ3) is 3.31. The SMILES string of the molecule is COC(=O)CSc1cc(OC)c(OC)cc1C#N. The molecule has 0 saturated heterocycles. The van der Waals surface area contributed by atoms with E-state index in [2.05, 4.69) is 10.8 Å². The molecule has 0 aliphatic carbocycles. The van der Waals surface area contributed by atoms with Crippen molar-refractivity contribution in [2.24, 2.45) is 0 Å². The second-order valence-corrected chi connectivity index (χ2v) is 4.20. The molecule has 0 aromatic heterocycles. The van der Waals surface area contributed by atoms with Crippen molar-refractivity contribution in [3.05, 3.63) is 17.7 Å². The van der Waals surface area contributed by atoms with Gasteiger partial charge in [0.25, 0.3) is 0 Å². The average Bonchev–Trinajstić information content (AvgIpc) is 2.43. The van der Waals surface area contributed by atoms with Crippen molar-refractivity contribution in [2.75, 3.05) is 27.1 Å². The summed E-state index contributed by atoms with van der Waals surface area (Å²) < 4.78 is 14.8. The summed E-state index contributed by atoms with van der Waals surface area (Å²) in [7, 11) is 4.33. The van der Waals surface area contributed by atoms with E-state index in [0.29, 0.717) is 22.0 Å². The summed E-state index contributed by atoms with van der Waals surface area (Å²) in [4.78, 5) is 11.7. The number of nitrogens with zero attached hydrogens (tertiary/aromatic N) is 1. The molecule has 5 nitrogen and oxygen atoms in total. The molecule has 0 radical (unpaired) electrons. The predicted octanol–water partition coefficient (Wildman–Crippen LogP) is 1.84. The van der Waals surface area contributed by atoms with Gasteiger partial charge in [-0.15, -0.1) is 11.8 Å². The highest BCUT2D eigenvalue weighted by molar-refractivity contribution is 8.00. The zero-order valence-corrected chi connectivity index (χ0v) is 11.2. The molecular weight excluding hydrogens is 254 g/mol. The largest absolute Gasteiger partial charge is 0.493 e. The fourth-order valence-corrected chi connectivity index (χ4v) is 2.10. The van der Waals surface area contributed by atoms with Crippen LogP contribution < -0.4 is 9.47 Å². The average molecular weight is 267 g/mol. The second-order valence-electron chi connectivity index (χ2n) is 3.18. The zero-order valence-electron chi connectivity index (χ0n) is 10.4. The minimum atomic E-state index is -0.348. The van der Waals surface area contributed by atoms with Crippen LogP contribution >= 0.6 is 11.8 Å². The number of carbonyl (C=O) groups is 1. The predicted molar refractivity (Wildman–Crippen MR) is 67.0 cm³/mol. The number of hydrogen-bond acceptors (Lipinski definition) is 6. The standard InChI is InChI=1S/C12H13NO4S/c1-15-9-4-8(6-13)11(5-10(9)16-2)18-7-12(14)17-3/h4-5H,7H2,1-3H3. The van der Waals surface area contributed by atoms with Gasteiger partial charge >= 0.3 is 5.97 Å². The van der Waals surface area contributed by atoms with Gasteiger partial charge in [-0.1, -0.05) is 0 Å². The second kappa shape index (κ2) is 6.77. The molecule has 0 heterocycles. The summed E-state index contributed by atoms with van der Waals surface area (Å²) in [5.41, 5.74) is 0.432. The van der Waals surface area contributed by atoms with Gasteiger partial charge in [0.2, 0.25) is 0 Å². The number of rotatable bonds is 5. The molecule has 0 N–H and O–H groups in total. The van der Waals surface area contributed by atoms with E-state index >= 15 is 0 Å². The van der Waals surface area contributed by atoms with Gasteiger partial charge in [-0.2, -0.15) is 5.26 Å². The van der Waals surface area contributed by atoms with Crippen molar-refractivity contribution in [2.45, 2.75) is 4.90 Å². The molecule has 6 heteroatoms. The van der Waals surface area contributed by atoms with Crippen LogP contribution in [0.25, 0.3) is 0 Å². The van der Waals surface area contributed by atoms with Crippen LogP contribution in [0.5, 0.6) is 11.5 Å². The Morgan fingerprint density at radius 2 is 1.89 bits per heavy atom. The van der Waals surface area contributed by atoms with E-state index < -0.39 is 0 Å². The molecule has 96 valence electrons. The number of nitriles is 1. The summed E-state index contributed by atoms with van der Waals surface area (Å²) in [6, 6.07) is 5.31. The molecule has 0 aliphatic heterocycles. The molecule has 0 saturated carbocycles. The first-order chi connectivity index (χ1) is 8.65. The van der Waals surface area contributed by atoms with Gasteiger partial charge in [0, 0.05) is 11.0 Å². The quantitative estimate of drug-likeness (QED) is 0.599. The van der Waals surface area contributed by atoms with Gasteiger partial charge in [0.15, 0.2) is 11.5 Å². The van der Waals surface area contributed by atoms with Crippen LogP contribution in [0.1, 0.15) is 5.56 Å². The highest BCUT2D eigenvalue weighted by atomic mass is 32.2. The topological polar surface area (TPSA) is 68.6 Å². The number of ether oxygens (including phenoxy) is 3. The molecule has 0 spiro atoms. The zero-order chi connectivity index (χ0) is 13.5.